The molecule has 1 aromatic carbocycles. The highest BCUT2D eigenvalue weighted by Crippen LogP contribution is 2.26. The van der Waals surface area contributed by atoms with Crippen LogP contribution < -0.4 is 0 Å². The summed E-state index contributed by atoms with van der Waals surface area (Å²) in [5.74, 6) is -0.777. The van der Waals surface area contributed by atoms with Gasteiger partial charge in [0.05, 0.1) is 19.6 Å². The lowest BCUT2D eigenvalue weighted by Crippen LogP contribution is -2.31. The van der Waals surface area contributed by atoms with E-state index in [0.29, 0.717) is 13.2 Å². The molecule has 0 N–H and O–H groups in total. The number of benzene rings is 1. The van der Waals surface area contributed by atoms with Gasteiger partial charge in [-0.1, -0.05) is 24.3 Å². The summed E-state index contributed by atoms with van der Waals surface area (Å²) < 4.78 is 11.2. The number of hydrogen-bond acceptors (Lipinski definition) is 3. The molecule has 0 aromatic heterocycles. The molecule has 1 aliphatic rings. The lowest BCUT2D eigenvalue weighted by atomic mass is 10.1. The molecule has 80 valence electrons. The van der Waals surface area contributed by atoms with Crippen molar-refractivity contribution in [2.45, 2.75) is 32.3 Å². The van der Waals surface area contributed by atoms with Crippen LogP contribution in [-0.2, 0) is 27.5 Å². The molecule has 3 heteroatoms. The van der Waals surface area contributed by atoms with Crippen LogP contribution in [-0.4, -0.2) is 12.1 Å². The minimum atomic E-state index is -0.777. The molecule has 0 amide bonds. The number of aldehydes is 1. The normalized spacial score (nSPS) is 19.0. The SMILES string of the molecule is CC1(CC=O)OCc2ccccc2CO1. The third kappa shape index (κ3) is 2.25. The minimum absolute atomic E-state index is 0.265. The topological polar surface area (TPSA) is 35.5 Å². The van der Waals surface area contributed by atoms with Gasteiger partial charge in [-0.25, -0.2) is 0 Å². The largest absolute Gasteiger partial charge is 0.345 e. The Morgan fingerprint density at radius 2 is 1.80 bits per heavy atom. The molecule has 1 aromatic rings. The van der Waals surface area contributed by atoms with Crippen molar-refractivity contribution in [3.8, 4) is 0 Å². The van der Waals surface area contributed by atoms with Gasteiger partial charge in [0.2, 0.25) is 0 Å². The first-order chi connectivity index (χ1) is 7.23. The van der Waals surface area contributed by atoms with Crippen LogP contribution >= 0.6 is 0 Å². The van der Waals surface area contributed by atoms with E-state index in [1.807, 2.05) is 24.3 Å². The van der Waals surface area contributed by atoms with Crippen molar-refractivity contribution in [1.29, 1.82) is 0 Å². The van der Waals surface area contributed by atoms with E-state index in [4.69, 9.17) is 9.47 Å². The first-order valence-electron chi connectivity index (χ1n) is 5.02. The maximum atomic E-state index is 10.5. The Labute approximate surface area is 89.0 Å². The molecule has 0 spiro atoms. The third-order valence-corrected chi connectivity index (χ3v) is 2.64. The van der Waals surface area contributed by atoms with E-state index in [9.17, 15) is 4.79 Å². The zero-order valence-electron chi connectivity index (χ0n) is 8.73. The number of ether oxygens (including phenoxy) is 2. The molecule has 0 aliphatic carbocycles. The fourth-order valence-corrected chi connectivity index (χ4v) is 1.61. The van der Waals surface area contributed by atoms with Crippen LogP contribution in [0.1, 0.15) is 24.5 Å². The van der Waals surface area contributed by atoms with E-state index in [2.05, 4.69) is 0 Å². The molecule has 0 atom stereocenters. The molecule has 0 saturated heterocycles. The molecule has 1 heterocycles. The van der Waals surface area contributed by atoms with Crippen molar-refractivity contribution in [3.63, 3.8) is 0 Å². The van der Waals surface area contributed by atoms with Crippen LogP contribution in [0.25, 0.3) is 0 Å². The Bertz CT molecular complexity index is 333. The first kappa shape index (κ1) is 10.3. The fourth-order valence-electron chi connectivity index (χ4n) is 1.61. The molecule has 1 aliphatic heterocycles. The van der Waals surface area contributed by atoms with Gasteiger partial charge in [-0.3, -0.25) is 0 Å². The molecular weight excluding hydrogens is 192 g/mol. The summed E-state index contributed by atoms with van der Waals surface area (Å²) in [6.07, 6.45) is 1.09. The molecule has 0 bridgehead atoms. The third-order valence-electron chi connectivity index (χ3n) is 2.64. The maximum absolute atomic E-state index is 10.5. The summed E-state index contributed by atoms with van der Waals surface area (Å²) in [4.78, 5) is 10.5. The number of hydrogen-bond donors (Lipinski definition) is 0. The van der Waals surface area contributed by atoms with E-state index in [1.54, 1.807) is 6.92 Å². The van der Waals surface area contributed by atoms with E-state index < -0.39 is 5.79 Å². The highest BCUT2D eigenvalue weighted by atomic mass is 16.7. The summed E-state index contributed by atoms with van der Waals surface area (Å²) >= 11 is 0. The van der Waals surface area contributed by atoms with Gasteiger partial charge in [0, 0.05) is 0 Å². The minimum Gasteiger partial charge on any atom is -0.345 e. The molecular formula is C12H14O3. The molecule has 3 nitrogen and oxygen atoms in total. The van der Waals surface area contributed by atoms with Crippen LogP contribution in [0, 0.1) is 0 Å². The molecule has 0 saturated carbocycles. The van der Waals surface area contributed by atoms with Gasteiger partial charge in [-0.05, 0) is 18.1 Å². The van der Waals surface area contributed by atoms with Gasteiger partial charge < -0.3 is 14.3 Å². The summed E-state index contributed by atoms with van der Waals surface area (Å²) in [7, 11) is 0. The Morgan fingerprint density at radius 3 is 2.27 bits per heavy atom. The Kier molecular flexibility index (Phi) is 2.84. The van der Waals surface area contributed by atoms with Gasteiger partial charge in [0.25, 0.3) is 0 Å². The Hall–Kier alpha value is -1.19. The smallest absolute Gasteiger partial charge is 0.172 e. The summed E-state index contributed by atoms with van der Waals surface area (Å²) in [5.41, 5.74) is 2.26. The van der Waals surface area contributed by atoms with Gasteiger partial charge >= 0.3 is 0 Å². The molecule has 2 rings (SSSR count). The highest BCUT2D eigenvalue weighted by molar-refractivity contribution is 5.50. The quantitative estimate of drug-likeness (QED) is 0.694. The van der Waals surface area contributed by atoms with Crippen LogP contribution in [0.15, 0.2) is 24.3 Å². The van der Waals surface area contributed by atoms with Gasteiger partial charge in [0.15, 0.2) is 5.79 Å². The number of rotatable bonds is 2. The van der Waals surface area contributed by atoms with Gasteiger partial charge in [-0.15, -0.1) is 0 Å². The Balaban J connectivity index is 2.18. The predicted molar refractivity (Wildman–Crippen MR) is 55.1 cm³/mol. The number of carbonyl (C=O) groups is 1. The molecule has 0 unspecified atom stereocenters. The fraction of sp³-hybridized carbons (Fsp3) is 0.417. The van der Waals surface area contributed by atoms with E-state index in [-0.39, 0.29) is 6.42 Å². The van der Waals surface area contributed by atoms with Crippen LogP contribution in [0.3, 0.4) is 0 Å². The zero-order valence-corrected chi connectivity index (χ0v) is 8.73. The van der Waals surface area contributed by atoms with Gasteiger partial charge in [0.1, 0.15) is 6.29 Å². The van der Waals surface area contributed by atoms with Crippen molar-refractivity contribution >= 4 is 6.29 Å². The Morgan fingerprint density at radius 1 is 1.27 bits per heavy atom. The average molecular weight is 206 g/mol. The number of fused-ring (bicyclic) bond motifs is 1. The molecule has 0 fully saturated rings. The van der Waals surface area contributed by atoms with E-state index in [1.165, 1.54) is 0 Å². The van der Waals surface area contributed by atoms with E-state index in [0.717, 1.165) is 17.4 Å². The molecule has 15 heavy (non-hydrogen) atoms. The van der Waals surface area contributed by atoms with Crippen LogP contribution in [0.2, 0.25) is 0 Å². The second-order valence-corrected chi connectivity index (χ2v) is 3.85. The number of carbonyl (C=O) groups excluding carboxylic acids is 1. The standard InChI is InChI=1S/C12H14O3/c1-12(6-7-13)14-8-10-4-2-3-5-11(10)9-15-12/h2-5,7H,6,8-9H2,1H3. The predicted octanol–water partition coefficient (Wildman–Crippen LogP) is 2.04. The van der Waals surface area contributed by atoms with E-state index >= 15 is 0 Å². The summed E-state index contributed by atoms with van der Waals surface area (Å²) in [6, 6.07) is 7.99. The summed E-state index contributed by atoms with van der Waals surface area (Å²) in [6.45, 7) is 2.80. The van der Waals surface area contributed by atoms with Crippen molar-refractivity contribution in [3.05, 3.63) is 35.4 Å². The lowest BCUT2D eigenvalue weighted by molar-refractivity contribution is -0.231. The van der Waals surface area contributed by atoms with Crippen molar-refractivity contribution in [1.82, 2.24) is 0 Å². The highest BCUT2D eigenvalue weighted by Gasteiger charge is 2.28. The van der Waals surface area contributed by atoms with Crippen molar-refractivity contribution < 1.29 is 14.3 Å². The summed E-state index contributed by atoms with van der Waals surface area (Å²) in [5, 5.41) is 0. The maximum Gasteiger partial charge on any atom is 0.172 e. The lowest BCUT2D eigenvalue weighted by Gasteiger charge is -2.25. The van der Waals surface area contributed by atoms with Crippen LogP contribution in [0.5, 0.6) is 0 Å². The van der Waals surface area contributed by atoms with Crippen molar-refractivity contribution in [2.75, 3.05) is 0 Å². The molecule has 0 radical (unpaired) electrons. The second-order valence-electron chi connectivity index (χ2n) is 3.85. The zero-order chi connectivity index (χ0) is 10.7. The second kappa shape index (κ2) is 4.13. The monoisotopic (exact) mass is 206 g/mol. The first-order valence-corrected chi connectivity index (χ1v) is 5.02. The van der Waals surface area contributed by atoms with Crippen molar-refractivity contribution in [2.24, 2.45) is 0 Å². The van der Waals surface area contributed by atoms with Gasteiger partial charge in [-0.2, -0.15) is 0 Å². The van der Waals surface area contributed by atoms with Crippen LogP contribution in [0.4, 0.5) is 0 Å². The average Bonchev–Trinajstić information content (AvgIpc) is 2.40.